The Hall–Kier alpha value is -1.91. The minimum atomic E-state index is -1.23. The molecule has 5 nitrogen and oxygen atoms in total. The van der Waals surface area contributed by atoms with Gasteiger partial charge in [0, 0.05) is 0 Å². The third-order valence-corrected chi connectivity index (χ3v) is 1.30. The number of carbonyl (C=O) groups excluding carboxylic acids is 1. The smallest absolute Gasteiger partial charge is 0.352 e. The van der Waals surface area contributed by atoms with Gasteiger partial charge >= 0.3 is 5.97 Å². The first-order valence-corrected chi connectivity index (χ1v) is 3.07. The monoisotopic (exact) mass is 167 g/mol. The number of aromatic carboxylic acids is 1. The van der Waals surface area contributed by atoms with Gasteiger partial charge in [0.1, 0.15) is 5.69 Å². The van der Waals surface area contributed by atoms with E-state index in [0.29, 0.717) is 6.29 Å². The number of aromatic nitrogens is 1. The van der Waals surface area contributed by atoms with E-state index in [4.69, 9.17) is 5.11 Å². The van der Waals surface area contributed by atoms with Crippen LogP contribution in [-0.2, 0) is 0 Å². The van der Waals surface area contributed by atoms with Gasteiger partial charge in [-0.25, -0.2) is 4.79 Å². The van der Waals surface area contributed by atoms with Crippen LogP contribution in [0.5, 0.6) is 0 Å². The van der Waals surface area contributed by atoms with Crippen LogP contribution in [0.15, 0.2) is 16.9 Å². The van der Waals surface area contributed by atoms with E-state index in [0.717, 1.165) is 12.1 Å². The third kappa shape index (κ3) is 1.39. The quantitative estimate of drug-likeness (QED) is 0.601. The summed E-state index contributed by atoms with van der Waals surface area (Å²) in [7, 11) is 0. The van der Waals surface area contributed by atoms with E-state index < -0.39 is 11.5 Å². The molecule has 2 N–H and O–H groups in total. The maximum absolute atomic E-state index is 10.8. The van der Waals surface area contributed by atoms with Crippen molar-refractivity contribution in [2.45, 2.75) is 0 Å². The molecule has 1 aromatic rings. The molecule has 0 spiro atoms. The van der Waals surface area contributed by atoms with E-state index in [1.165, 1.54) is 0 Å². The largest absolute Gasteiger partial charge is 0.477 e. The molecule has 0 amide bonds. The van der Waals surface area contributed by atoms with Gasteiger partial charge < -0.3 is 10.1 Å². The highest BCUT2D eigenvalue weighted by Crippen LogP contribution is 1.92. The highest BCUT2D eigenvalue weighted by molar-refractivity contribution is 5.86. The molecule has 0 aromatic carbocycles. The van der Waals surface area contributed by atoms with Gasteiger partial charge in [0.25, 0.3) is 5.56 Å². The van der Waals surface area contributed by atoms with Gasteiger partial charge in [-0.15, -0.1) is 0 Å². The number of hydrogen-bond donors (Lipinski definition) is 2. The standard InChI is InChI=1S/C7H5NO4/c9-3-4-1-2-5(7(11)12)8-6(4)10/h1-3H,(H,8,10)(H,11,12). The van der Waals surface area contributed by atoms with Crippen molar-refractivity contribution >= 4 is 12.3 Å². The number of carbonyl (C=O) groups is 2. The average Bonchev–Trinajstić information content (AvgIpc) is 2.04. The highest BCUT2D eigenvalue weighted by Gasteiger charge is 2.04. The Morgan fingerprint density at radius 2 is 2.17 bits per heavy atom. The zero-order valence-corrected chi connectivity index (χ0v) is 5.90. The molecule has 1 aromatic heterocycles. The van der Waals surface area contributed by atoms with Crippen LogP contribution < -0.4 is 5.56 Å². The second-order valence-electron chi connectivity index (χ2n) is 2.08. The summed E-state index contributed by atoms with van der Waals surface area (Å²) in [6.07, 6.45) is 0.366. The van der Waals surface area contributed by atoms with Gasteiger partial charge in [0.2, 0.25) is 0 Å². The lowest BCUT2D eigenvalue weighted by Gasteiger charge is -1.92. The van der Waals surface area contributed by atoms with Crippen LogP contribution in [0.3, 0.4) is 0 Å². The Labute approximate surface area is 66.7 Å². The van der Waals surface area contributed by atoms with Gasteiger partial charge in [0.05, 0.1) is 5.56 Å². The molecule has 0 aliphatic heterocycles. The van der Waals surface area contributed by atoms with Crippen LogP contribution >= 0.6 is 0 Å². The molecule has 0 aliphatic rings. The molecule has 0 bridgehead atoms. The molecule has 62 valence electrons. The molecule has 1 heterocycles. The van der Waals surface area contributed by atoms with Crippen LogP contribution in [0.25, 0.3) is 0 Å². The maximum atomic E-state index is 10.8. The number of carboxylic acids is 1. The molecule has 0 saturated carbocycles. The Bertz CT molecular complexity index is 379. The summed E-state index contributed by atoms with van der Waals surface area (Å²) < 4.78 is 0. The normalized spacial score (nSPS) is 9.33. The Kier molecular flexibility index (Phi) is 2.05. The molecule has 0 radical (unpaired) electrons. The first-order valence-electron chi connectivity index (χ1n) is 3.07. The summed E-state index contributed by atoms with van der Waals surface area (Å²) in [6.45, 7) is 0. The average molecular weight is 167 g/mol. The molecular weight excluding hydrogens is 162 g/mol. The summed E-state index contributed by atoms with van der Waals surface area (Å²) in [5.74, 6) is -1.23. The van der Waals surface area contributed by atoms with E-state index in [1.54, 1.807) is 0 Å². The lowest BCUT2D eigenvalue weighted by atomic mass is 10.2. The predicted octanol–water partition coefficient (Wildman–Crippen LogP) is -0.114. The van der Waals surface area contributed by atoms with Gasteiger partial charge in [-0.1, -0.05) is 0 Å². The Morgan fingerprint density at radius 1 is 1.50 bits per heavy atom. The van der Waals surface area contributed by atoms with Gasteiger partial charge in [-0.2, -0.15) is 0 Å². The van der Waals surface area contributed by atoms with Gasteiger partial charge in [0.15, 0.2) is 6.29 Å². The number of carboxylic acid groups (broad SMARTS) is 1. The fraction of sp³-hybridized carbons (Fsp3) is 0. The van der Waals surface area contributed by atoms with Crippen molar-refractivity contribution in [2.75, 3.05) is 0 Å². The maximum Gasteiger partial charge on any atom is 0.352 e. The van der Waals surface area contributed by atoms with Crippen LogP contribution in [0, 0.1) is 0 Å². The van der Waals surface area contributed by atoms with E-state index in [1.807, 2.05) is 4.98 Å². The SMILES string of the molecule is O=Cc1ccc(C(=O)O)[nH]c1=O. The second-order valence-corrected chi connectivity index (χ2v) is 2.08. The molecule has 0 aliphatic carbocycles. The van der Waals surface area contributed by atoms with Crippen LogP contribution in [0.4, 0.5) is 0 Å². The number of H-pyrrole nitrogens is 1. The molecule has 0 unspecified atom stereocenters. The zero-order valence-electron chi connectivity index (χ0n) is 5.90. The number of nitrogens with one attached hydrogen (secondary N) is 1. The third-order valence-electron chi connectivity index (χ3n) is 1.30. The summed E-state index contributed by atoms with van der Waals surface area (Å²) in [5.41, 5.74) is -1.00. The number of aldehydes is 1. The summed E-state index contributed by atoms with van der Waals surface area (Å²) in [6, 6.07) is 2.32. The number of aromatic amines is 1. The van der Waals surface area contributed by atoms with Crippen molar-refractivity contribution in [1.29, 1.82) is 0 Å². The van der Waals surface area contributed by atoms with Gasteiger partial charge in [-0.3, -0.25) is 9.59 Å². The Balaban J connectivity index is 3.28. The van der Waals surface area contributed by atoms with E-state index in [2.05, 4.69) is 0 Å². The number of pyridine rings is 1. The molecule has 12 heavy (non-hydrogen) atoms. The van der Waals surface area contributed by atoms with E-state index in [-0.39, 0.29) is 11.3 Å². The minimum absolute atomic E-state index is 0.0833. The fourth-order valence-corrected chi connectivity index (χ4v) is 0.703. The molecule has 1 rings (SSSR count). The van der Waals surface area contributed by atoms with Crippen molar-refractivity contribution in [3.63, 3.8) is 0 Å². The minimum Gasteiger partial charge on any atom is -0.477 e. The lowest BCUT2D eigenvalue weighted by Crippen LogP contribution is -2.15. The summed E-state index contributed by atoms with van der Waals surface area (Å²) >= 11 is 0. The summed E-state index contributed by atoms with van der Waals surface area (Å²) in [5, 5.41) is 8.41. The molecule has 5 heteroatoms. The van der Waals surface area contributed by atoms with Crippen molar-refractivity contribution in [1.82, 2.24) is 4.98 Å². The highest BCUT2D eigenvalue weighted by atomic mass is 16.4. The van der Waals surface area contributed by atoms with Crippen LogP contribution in [0.1, 0.15) is 20.8 Å². The lowest BCUT2D eigenvalue weighted by molar-refractivity contribution is 0.0689. The van der Waals surface area contributed by atoms with Crippen molar-refractivity contribution in [3.05, 3.63) is 33.7 Å². The molecular formula is C7H5NO4. The van der Waals surface area contributed by atoms with Crippen molar-refractivity contribution in [3.8, 4) is 0 Å². The predicted molar refractivity (Wildman–Crippen MR) is 39.4 cm³/mol. The number of hydrogen-bond acceptors (Lipinski definition) is 3. The van der Waals surface area contributed by atoms with Crippen LogP contribution in [-0.4, -0.2) is 22.3 Å². The van der Waals surface area contributed by atoms with E-state index in [9.17, 15) is 14.4 Å². The second kappa shape index (κ2) is 3.00. The molecule has 0 fully saturated rings. The molecule has 0 saturated heterocycles. The van der Waals surface area contributed by atoms with Gasteiger partial charge in [-0.05, 0) is 12.1 Å². The van der Waals surface area contributed by atoms with Crippen molar-refractivity contribution < 1.29 is 14.7 Å². The topological polar surface area (TPSA) is 87.2 Å². The first-order chi connectivity index (χ1) is 5.65. The van der Waals surface area contributed by atoms with Crippen LogP contribution in [0.2, 0.25) is 0 Å². The first kappa shape index (κ1) is 8.19. The summed E-state index contributed by atoms with van der Waals surface area (Å²) in [4.78, 5) is 33.3. The Morgan fingerprint density at radius 3 is 2.58 bits per heavy atom. The van der Waals surface area contributed by atoms with Crippen molar-refractivity contribution in [2.24, 2.45) is 0 Å². The fourth-order valence-electron chi connectivity index (χ4n) is 0.703. The molecule has 0 atom stereocenters. The zero-order chi connectivity index (χ0) is 9.14. The van der Waals surface area contributed by atoms with E-state index >= 15 is 0 Å². The number of rotatable bonds is 2.